The second-order valence-electron chi connectivity index (χ2n) is 5.51. The van der Waals surface area contributed by atoms with Crippen LogP contribution < -0.4 is 10.2 Å². The Balaban J connectivity index is 1.45. The Hall–Kier alpha value is -1.99. The van der Waals surface area contributed by atoms with Crippen LogP contribution in [0.25, 0.3) is 10.1 Å². The van der Waals surface area contributed by atoms with E-state index >= 15 is 0 Å². The molecule has 118 valence electrons. The van der Waals surface area contributed by atoms with Gasteiger partial charge in [-0.05, 0) is 36.1 Å². The third-order valence-electron chi connectivity index (χ3n) is 3.92. The summed E-state index contributed by atoms with van der Waals surface area (Å²) in [5.74, 6) is -0.366. The van der Waals surface area contributed by atoms with Gasteiger partial charge >= 0.3 is 0 Å². The molecule has 1 aliphatic heterocycles. The molecule has 1 atom stereocenters. The number of nitrogens with one attached hydrogen (secondary N) is 1. The minimum Gasteiger partial charge on any atom is -0.347 e. The summed E-state index contributed by atoms with van der Waals surface area (Å²) in [6.45, 7) is 1.68. The van der Waals surface area contributed by atoms with E-state index in [2.05, 4.69) is 15.2 Å². The maximum Gasteiger partial charge on any atom is 0.261 e. The Bertz CT molecular complexity index is 846. The molecule has 0 aliphatic carbocycles. The normalized spacial score (nSPS) is 17.8. The molecule has 1 N–H and O–H groups in total. The van der Waals surface area contributed by atoms with Crippen molar-refractivity contribution in [1.29, 1.82) is 0 Å². The third kappa shape index (κ3) is 2.94. The number of amides is 1. The predicted octanol–water partition coefficient (Wildman–Crippen LogP) is 3.51. The van der Waals surface area contributed by atoms with Gasteiger partial charge in [-0.2, -0.15) is 0 Å². The van der Waals surface area contributed by atoms with Crippen LogP contribution in [0.4, 0.5) is 9.52 Å². The second-order valence-corrected chi connectivity index (χ2v) is 7.47. The van der Waals surface area contributed by atoms with E-state index in [1.807, 2.05) is 5.38 Å². The van der Waals surface area contributed by atoms with Crippen molar-refractivity contribution in [2.75, 3.05) is 18.0 Å². The van der Waals surface area contributed by atoms with Gasteiger partial charge in [0.05, 0.1) is 4.88 Å². The van der Waals surface area contributed by atoms with Gasteiger partial charge in [-0.1, -0.05) is 0 Å². The first-order chi connectivity index (χ1) is 11.2. The molecule has 1 fully saturated rings. The van der Waals surface area contributed by atoms with Gasteiger partial charge in [0.15, 0.2) is 5.13 Å². The Morgan fingerprint density at radius 2 is 2.30 bits per heavy atom. The van der Waals surface area contributed by atoms with Crippen molar-refractivity contribution in [3.63, 3.8) is 0 Å². The number of anilines is 1. The quantitative estimate of drug-likeness (QED) is 0.789. The lowest BCUT2D eigenvalue weighted by Gasteiger charge is -2.15. The average molecular weight is 347 g/mol. The summed E-state index contributed by atoms with van der Waals surface area (Å²) >= 11 is 3.00. The van der Waals surface area contributed by atoms with E-state index in [-0.39, 0.29) is 17.8 Å². The Morgan fingerprint density at radius 3 is 3.13 bits per heavy atom. The van der Waals surface area contributed by atoms with Crippen LogP contribution in [-0.2, 0) is 0 Å². The summed E-state index contributed by atoms with van der Waals surface area (Å²) in [4.78, 5) is 19.5. The summed E-state index contributed by atoms with van der Waals surface area (Å²) in [5.41, 5.74) is 0. The molecule has 3 heterocycles. The van der Waals surface area contributed by atoms with E-state index in [0.717, 1.165) is 34.7 Å². The highest BCUT2D eigenvalue weighted by molar-refractivity contribution is 7.20. The van der Waals surface area contributed by atoms with E-state index in [9.17, 15) is 9.18 Å². The molecule has 1 amide bonds. The molecule has 0 radical (unpaired) electrons. The Labute approximate surface area is 140 Å². The van der Waals surface area contributed by atoms with Gasteiger partial charge < -0.3 is 10.2 Å². The summed E-state index contributed by atoms with van der Waals surface area (Å²) in [6.07, 6.45) is 2.70. The average Bonchev–Trinajstić information content (AvgIpc) is 3.26. The number of benzene rings is 1. The highest BCUT2D eigenvalue weighted by atomic mass is 32.1. The number of carbonyl (C=O) groups excluding carboxylic acids is 1. The lowest BCUT2D eigenvalue weighted by atomic mass is 10.2. The van der Waals surface area contributed by atoms with E-state index < -0.39 is 0 Å². The van der Waals surface area contributed by atoms with E-state index in [0.29, 0.717) is 4.88 Å². The van der Waals surface area contributed by atoms with Crippen LogP contribution in [0.15, 0.2) is 35.8 Å². The second kappa shape index (κ2) is 5.90. The fraction of sp³-hybridized carbons (Fsp3) is 0.250. The zero-order valence-electron chi connectivity index (χ0n) is 12.2. The fourth-order valence-corrected chi connectivity index (χ4v) is 4.43. The molecule has 23 heavy (non-hydrogen) atoms. The third-order valence-corrected chi connectivity index (χ3v) is 5.86. The number of fused-ring (bicyclic) bond motifs is 1. The van der Waals surface area contributed by atoms with Gasteiger partial charge in [0.2, 0.25) is 0 Å². The van der Waals surface area contributed by atoms with Crippen LogP contribution in [0.2, 0.25) is 0 Å². The van der Waals surface area contributed by atoms with Crippen LogP contribution >= 0.6 is 22.7 Å². The number of carbonyl (C=O) groups is 1. The number of aromatic nitrogens is 1. The SMILES string of the molecule is O=C(N[C@H]1CCN(c2nccs2)C1)c1cc2cc(F)ccc2s1. The topological polar surface area (TPSA) is 45.2 Å². The number of thiophene rings is 1. The van der Waals surface area contributed by atoms with Crippen LogP contribution in [0, 0.1) is 5.82 Å². The van der Waals surface area contributed by atoms with Crippen LogP contribution in [0.1, 0.15) is 16.1 Å². The van der Waals surface area contributed by atoms with Crippen molar-refractivity contribution in [1.82, 2.24) is 10.3 Å². The first kappa shape index (κ1) is 14.6. The number of halogens is 1. The molecule has 1 aromatic carbocycles. The highest BCUT2D eigenvalue weighted by Crippen LogP contribution is 2.27. The molecule has 1 aliphatic rings. The maximum atomic E-state index is 13.2. The first-order valence-electron chi connectivity index (χ1n) is 7.33. The zero-order chi connectivity index (χ0) is 15.8. The van der Waals surface area contributed by atoms with Crippen molar-refractivity contribution in [2.45, 2.75) is 12.5 Å². The number of nitrogens with zero attached hydrogens (tertiary/aromatic N) is 2. The molecule has 0 spiro atoms. The van der Waals surface area contributed by atoms with Crippen LogP contribution in [0.3, 0.4) is 0 Å². The predicted molar refractivity (Wildman–Crippen MR) is 92.0 cm³/mol. The van der Waals surface area contributed by atoms with E-state index in [4.69, 9.17) is 0 Å². The fourth-order valence-electron chi connectivity index (χ4n) is 2.81. The summed E-state index contributed by atoms with van der Waals surface area (Å²) in [6, 6.07) is 6.47. The van der Waals surface area contributed by atoms with Gasteiger partial charge in [0, 0.05) is 35.4 Å². The van der Waals surface area contributed by atoms with Gasteiger partial charge in [0.1, 0.15) is 5.82 Å². The van der Waals surface area contributed by atoms with Crippen molar-refractivity contribution < 1.29 is 9.18 Å². The molecule has 2 aromatic heterocycles. The molecule has 7 heteroatoms. The van der Waals surface area contributed by atoms with E-state index in [1.165, 1.54) is 23.5 Å². The van der Waals surface area contributed by atoms with E-state index in [1.54, 1.807) is 29.7 Å². The summed E-state index contributed by atoms with van der Waals surface area (Å²) in [7, 11) is 0. The Kier molecular flexibility index (Phi) is 3.74. The van der Waals surface area contributed by atoms with Gasteiger partial charge in [-0.25, -0.2) is 9.37 Å². The van der Waals surface area contributed by atoms with Crippen molar-refractivity contribution >= 4 is 43.8 Å². The van der Waals surface area contributed by atoms with Crippen LogP contribution in [0.5, 0.6) is 0 Å². The monoisotopic (exact) mass is 347 g/mol. The molecule has 1 saturated heterocycles. The number of hydrogen-bond donors (Lipinski definition) is 1. The largest absolute Gasteiger partial charge is 0.347 e. The standard InChI is InChI=1S/C16H14FN3OS2/c17-11-1-2-13-10(7-11)8-14(23-13)15(21)19-12-3-5-20(9-12)16-18-4-6-22-16/h1-2,4,6-8,12H,3,5,9H2,(H,19,21)/t12-/m0/s1. The first-order valence-corrected chi connectivity index (χ1v) is 9.03. The lowest BCUT2D eigenvalue weighted by molar-refractivity contribution is 0.0944. The minimum absolute atomic E-state index is 0.0856. The molecule has 0 unspecified atom stereocenters. The minimum atomic E-state index is -0.280. The molecule has 0 bridgehead atoms. The molecule has 0 saturated carbocycles. The molecular formula is C16H14FN3OS2. The van der Waals surface area contributed by atoms with Crippen LogP contribution in [-0.4, -0.2) is 30.0 Å². The number of rotatable bonds is 3. The van der Waals surface area contributed by atoms with Gasteiger partial charge in [0.25, 0.3) is 5.91 Å². The summed E-state index contributed by atoms with van der Waals surface area (Å²) < 4.78 is 14.2. The van der Waals surface area contributed by atoms with Crippen molar-refractivity contribution in [3.8, 4) is 0 Å². The lowest BCUT2D eigenvalue weighted by Crippen LogP contribution is -2.36. The zero-order valence-corrected chi connectivity index (χ0v) is 13.8. The van der Waals surface area contributed by atoms with Crippen molar-refractivity contribution in [3.05, 3.63) is 46.5 Å². The molecule has 4 rings (SSSR count). The van der Waals surface area contributed by atoms with Crippen molar-refractivity contribution in [2.24, 2.45) is 0 Å². The smallest absolute Gasteiger partial charge is 0.261 e. The molecule has 3 aromatic rings. The maximum absolute atomic E-state index is 13.2. The number of hydrogen-bond acceptors (Lipinski definition) is 5. The molecule has 4 nitrogen and oxygen atoms in total. The highest BCUT2D eigenvalue weighted by Gasteiger charge is 2.26. The Morgan fingerprint density at radius 1 is 1.39 bits per heavy atom. The van der Waals surface area contributed by atoms with Gasteiger partial charge in [-0.15, -0.1) is 22.7 Å². The molecular weight excluding hydrogens is 333 g/mol. The van der Waals surface area contributed by atoms with Gasteiger partial charge in [-0.3, -0.25) is 4.79 Å². The summed E-state index contributed by atoms with van der Waals surface area (Å²) in [5, 5.41) is 6.80. The number of thiazole rings is 1.